The van der Waals surface area contributed by atoms with Crippen molar-refractivity contribution >= 4 is 5.91 Å². The van der Waals surface area contributed by atoms with Crippen LogP contribution < -0.4 is 5.32 Å². The first-order valence-corrected chi connectivity index (χ1v) is 6.33. The first-order chi connectivity index (χ1) is 7.77. The molecule has 2 aliphatic heterocycles. The van der Waals surface area contributed by atoms with Gasteiger partial charge in [0.15, 0.2) is 0 Å². The van der Waals surface area contributed by atoms with E-state index in [0.29, 0.717) is 5.92 Å². The lowest BCUT2D eigenvalue weighted by molar-refractivity contribution is -0.132. The van der Waals surface area contributed by atoms with E-state index in [0.717, 1.165) is 45.6 Å². The molecule has 2 fully saturated rings. The number of rotatable bonds is 3. The molecule has 0 bridgehead atoms. The number of likely N-dealkylation sites (N-methyl/N-ethyl adjacent to an activating group) is 1. The SMILES string of the molecule is CN(CC1CCCOC1)C(=O)C1CCCN1. The molecular formula is C12H22N2O2. The van der Waals surface area contributed by atoms with Crippen molar-refractivity contribution in [3.63, 3.8) is 0 Å². The summed E-state index contributed by atoms with van der Waals surface area (Å²) in [5.74, 6) is 0.784. The Balaban J connectivity index is 1.77. The number of ether oxygens (including phenoxy) is 1. The summed E-state index contributed by atoms with van der Waals surface area (Å²) in [6.45, 7) is 3.53. The fraction of sp³-hybridized carbons (Fsp3) is 0.917. The van der Waals surface area contributed by atoms with E-state index < -0.39 is 0 Å². The summed E-state index contributed by atoms with van der Waals surface area (Å²) in [5.41, 5.74) is 0. The minimum atomic E-state index is 0.0644. The Labute approximate surface area is 97.3 Å². The van der Waals surface area contributed by atoms with Gasteiger partial charge in [-0.3, -0.25) is 4.79 Å². The van der Waals surface area contributed by atoms with Crippen molar-refractivity contribution in [1.82, 2.24) is 10.2 Å². The highest BCUT2D eigenvalue weighted by molar-refractivity contribution is 5.81. The Morgan fingerprint density at radius 2 is 2.31 bits per heavy atom. The van der Waals surface area contributed by atoms with Crippen LogP contribution in [0.3, 0.4) is 0 Å². The third-order valence-electron chi connectivity index (χ3n) is 3.52. The number of amides is 1. The van der Waals surface area contributed by atoms with E-state index in [1.165, 1.54) is 6.42 Å². The molecule has 2 unspecified atom stereocenters. The van der Waals surface area contributed by atoms with Crippen molar-refractivity contribution in [2.75, 3.05) is 33.4 Å². The second-order valence-corrected chi connectivity index (χ2v) is 4.95. The molecule has 2 rings (SSSR count). The molecule has 2 aliphatic rings. The number of carbonyl (C=O) groups is 1. The van der Waals surface area contributed by atoms with E-state index >= 15 is 0 Å². The van der Waals surface area contributed by atoms with E-state index in [4.69, 9.17) is 4.74 Å². The van der Waals surface area contributed by atoms with Crippen molar-refractivity contribution in [3.8, 4) is 0 Å². The van der Waals surface area contributed by atoms with Crippen LogP contribution in [0.5, 0.6) is 0 Å². The summed E-state index contributed by atoms with van der Waals surface area (Å²) in [7, 11) is 1.91. The van der Waals surface area contributed by atoms with Gasteiger partial charge >= 0.3 is 0 Å². The molecule has 0 aromatic rings. The summed E-state index contributed by atoms with van der Waals surface area (Å²) in [6.07, 6.45) is 4.44. The van der Waals surface area contributed by atoms with E-state index in [2.05, 4.69) is 5.32 Å². The van der Waals surface area contributed by atoms with Crippen LogP contribution in [0, 0.1) is 5.92 Å². The maximum Gasteiger partial charge on any atom is 0.239 e. The molecule has 0 spiro atoms. The molecule has 0 aromatic carbocycles. The van der Waals surface area contributed by atoms with Crippen LogP contribution in [0.15, 0.2) is 0 Å². The summed E-state index contributed by atoms with van der Waals surface area (Å²) in [4.78, 5) is 13.9. The van der Waals surface area contributed by atoms with Crippen LogP contribution in [0.4, 0.5) is 0 Å². The molecule has 0 saturated carbocycles. The Bertz CT molecular complexity index is 233. The minimum absolute atomic E-state index is 0.0644. The molecule has 0 radical (unpaired) electrons. The van der Waals surface area contributed by atoms with Crippen molar-refractivity contribution in [1.29, 1.82) is 0 Å². The van der Waals surface area contributed by atoms with Crippen LogP contribution in [0.1, 0.15) is 25.7 Å². The van der Waals surface area contributed by atoms with Crippen molar-refractivity contribution in [2.45, 2.75) is 31.7 Å². The summed E-state index contributed by atoms with van der Waals surface area (Å²) >= 11 is 0. The second kappa shape index (κ2) is 5.64. The van der Waals surface area contributed by atoms with Gasteiger partial charge in [0.2, 0.25) is 5.91 Å². The third kappa shape index (κ3) is 2.95. The van der Waals surface area contributed by atoms with Crippen LogP contribution in [0.2, 0.25) is 0 Å². The lowest BCUT2D eigenvalue weighted by atomic mass is 10.0. The average molecular weight is 226 g/mol. The molecule has 4 nitrogen and oxygen atoms in total. The molecule has 1 N–H and O–H groups in total. The lowest BCUT2D eigenvalue weighted by Gasteiger charge is -2.28. The lowest BCUT2D eigenvalue weighted by Crippen LogP contribution is -2.44. The molecular weight excluding hydrogens is 204 g/mol. The van der Waals surface area contributed by atoms with Crippen LogP contribution in [0.25, 0.3) is 0 Å². The first-order valence-electron chi connectivity index (χ1n) is 6.33. The molecule has 2 heterocycles. The molecule has 92 valence electrons. The Hall–Kier alpha value is -0.610. The fourth-order valence-electron chi connectivity index (χ4n) is 2.59. The largest absolute Gasteiger partial charge is 0.381 e. The maximum absolute atomic E-state index is 12.0. The summed E-state index contributed by atoms with van der Waals surface area (Å²) in [5, 5.41) is 3.25. The van der Waals surface area contributed by atoms with Crippen molar-refractivity contribution < 1.29 is 9.53 Å². The zero-order valence-electron chi connectivity index (χ0n) is 10.1. The van der Waals surface area contributed by atoms with Gasteiger partial charge in [0.1, 0.15) is 0 Å². The third-order valence-corrected chi connectivity index (χ3v) is 3.52. The Kier molecular flexibility index (Phi) is 4.18. The van der Waals surface area contributed by atoms with Crippen LogP contribution in [-0.4, -0.2) is 50.2 Å². The quantitative estimate of drug-likeness (QED) is 0.767. The van der Waals surface area contributed by atoms with Crippen LogP contribution in [-0.2, 0) is 9.53 Å². The molecule has 16 heavy (non-hydrogen) atoms. The number of nitrogens with zero attached hydrogens (tertiary/aromatic N) is 1. The van der Waals surface area contributed by atoms with E-state index in [9.17, 15) is 4.79 Å². The molecule has 0 aromatic heterocycles. The van der Waals surface area contributed by atoms with E-state index in [1.54, 1.807) is 0 Å². The van der Waals surface area contributed by atoms with Gasteiger partial charge in [0.05, 0.1) is 12.6 Å². The van der Waals surface area contributed by atoms with Gasteiger partial charge in [-0.15, -0.1) is 0 Å². The van der Waals surface area contributed by atoms with Gasteiger partial charge in [-0.05, 0) is 38.1 Å². The highest BCUT2D eigenvalue weighted by Gasteiger charge is 2.26. The molecule has 1 amide bonds. The van der Waals surface area contributed by atoms with Crippen LogP contribution >= 0.6 is 0 Å². The molecule has 2 saturated heterocycles. The first kappa shape index (κ1) is 11.9. The van der Waals surface area contributed by atoms with Gasteiger partial charge < -0.3 is 15.0 Å². The highest BCUT2D eigenvalue weighted by atomic mass is 16.5. The predicted octanol–water partition coefficient (Wildman–Crippen LogP) is 0.623. The van der Waals surface area contributed by atoms with Gasteiger partial charge in [-0.1, -0.05) is 0 Å². The molecule has 2 atom stereocenters. The monoisotopic (exact) mass is 226 g/mol. The van der Waals surface area contributed by atoms with Gasteiger partial charge in [-0.25, -0.2) is 0 Å². The van der Waals surface area contributed by atoms with Gasteiger partial charge in [0, 0.05) is 20.2 Å². The number of carbonyl (C=O) groups excluding carboxylic acids is 1. The molecule has 0 aliphatic carbocycles. The Morgan fingerprint density at radius 1 is 1.44 bits per heavy atom. The minimum Gasteiger partial charge on any atom is -0.381 e. The number of hydrogen-bond acceptors (Lipinski definition) is 3. The predicted molar refractivity (Wildman–Crippen MR) is 62.2 cm³/mol. The molecule has 4 heteroatoms. The average Bonchev–Trinajstić information content (AvgIpc) is 2.83. The van der Waals surface area contributed by atoms with E-state index in [-0.39, 0.29) is 11.9 Å². The standard InChI is InChI=1S/C12H22N2O2/c1-14(8-10-4-3-7-16-9-10)12(15)11-5-2-6-13-11/h10-11,13H,2-9H2,1H3. The normalized spacial score (nSPS) is 30.3. The Morgan fingerprint density at radius 3 is 2.94 bits per heavy atom. The highest BCUT2D eigenvalue weighted by Crippen LogP contribution is 2.16. The smallest absolute Gasteiger partial charge is 0.239 e. The van der Waals surface area contributed by atoms with Gasteiger partial charge in [-0.2, -0.15) is 0 Å². The second-order valence-electron chi connectivity index (χ2n) is 4.95. The summed E-state index contributed by atoms with van der Waals surface area (Å²) in [6, 6.07) is 0.0644. The number of nitrogens with one attached hydrogen (secondary N) is 1. The van der Waals surface area contributed by atoms with Gasteiger partial charge in [0.25, 0.3) is 0 Å². The topological polar surface area (TPSA) is 41.6 Å². The van der Waals surface area contributed by atoms with Crippen molar-refractivity contribution in [2.24, 2.45) is 5.92 Å². The maximum atomic E-state index is 12.0. The summed E-state index contributed by atoms with van der Waals surface area (Å²) < 4.78 is 5.43. The fourth-order valence-corrected chi connectivity index (χ4v) is 2.59. The zero-order chi connectivity index (χ0) is 11.4. The zero-order valence-corrected chi connectivity index (χ0v) is 10.1. The van der Waals surface area contributed by atoms with Crippen molar-refractivity contribution in [3.05, 3.63) is 0 Å². The van der Waals surface area contributed by atoms with E-state index in [1.807, 2.05) is 11.9 Å². The number of hydrogen-bond donors (Lipinski definition) is 1.